The molecule has 0 spiro atoms. The van der Waals surface area contributed by atoms with Crippen molar-refractivity contribution in [2.24, 2.45) is 0 Å². The van der Waals surface area contributed by atoms with Crippen LogP contribution in [0.5, 0.6) is 0 Å². The van der Waals surface area contributed by atoms with E-state index in [-0.39, 0.29) is 10.8 Å². The lowest BCUT2D eigenvalue weighted by Crippen LogP contribution is -2.28. The maximum atomic E-state index is 13.0. The van der Waals surface area contributed by atoms with Gasteiger partial charge in [-0.05, 0) is 67.1 Å². The molecule has 1 saturated heterocycles. The summed E-state index contributed by atoms with van der Waals surface area (Å²) in [6.45, 7) is 1.44. The van der Waals surface area contributed by atoms with Gasteiger partial charge in [0.1, 0.15) is 0 Å². The molecule has 1 aliphatic rings. The van der Waals surface area contributed by atoms with Crippen LogP contribution in [0.4, 0.5) is 5.69 Å². The van der Waals surface area contributed by atoms with E-state index in [0.717, 1.165) is 42.1 Å². The summed E-state index contributed by atoms with van der Waals surface area (Å²) in [7, 11) is -3.82. The Hall–Kier alpha value is -2.42. The first-order valence-electron chi connectivity index (χ1n) is 10.7. The topological polar surface area (TPSA) is 66.5 Å². The number of carbonyl (C=O) groups is 1. The van der Waals surface area contributed by atoms with Gasteiger partial charge in [0.2, 0.25) is 0 Å². The van der Waals surface area contributed by atoms with Crippen LogP contribution >= 0.6 is 23.5 Å². The number of benzene rings is 3. The van der Waals surface area contributed by atoms with Gasteiger partial charge in [-0.15, -0.1) is 23.5 Å². The monoisotopic (exact) mass is 498 g/mol. The summed E-state index contributed by atoms with van der Waals surface area (Å²) in [5, 5.41) is 0. The minimum Gasteiger partial charge on any atom is -0.339 e. The highest BCUT2D eigenvalue weighted by Crippen LogP contribution is 2.28. The first-order valence-corrected chi connectivity index (χ1v) is 14.4. The van der Waals surface area contributed by atoms with Crippen LogP contribution < -0.4 is 4.72 Å². The molecule has 5 nitrogen and oxygen atoms in total. The second-order valence-corrected chi connectivity index (χ2v) is 11.3. The van der Waals surface area contributed by atoms with Crippen LogP contribution in [0.15, 0.2) is 87.5 Å². The fourth-order valence-electron chi connectivity index (χ4n) is 3.68. The van der Waals surface area contributed by atoms with Crippen LogP contribution in [0.25, 0.3) is 0 Å². The molecule has 1 amide bonds. The predicted molar refractivity (Wildman–Crippen MR) is 137 cm³/mol. The molecule has 1 aliphatic heterocycles. The van der Waals surface area contributed by atoms with Gasteiger partial charge in [0.25, 0.3) is 15.9 Å². The van der Waals surface area contributed by atoms with Crippen molar-refractivity contribution in [3.05, 3.63) is 83.9 Å². The van der Waals surface area contributed by atoms with Crippen LogP contribution in [-0.2, 0) is 15.8 Å². The van der Waals surface area contributed by atoms with Gasteiger partial charge in [-0.2, -0.15) is 0 Å². The van der Waals surface area contributed by atoms with Crippen LogP contribution in [0.3, 0.4) is 0 Å². The second kappa shape index (κ2) is 10.7. The second-order valence-electron chi connectivity index (χ2n) is 7.77. The van der Waals surface area contributed by atoms with E-state index in [1.807, 2.05) is 36.6 Å². The van der Waals surface area contributed by atoms with E-state index in [9.17, 15) is 13.2 Å². The number of likely N-dealkylation sites (tertiary alicyclic amines) is 1. The van der Waals surface area contributed by atoms with Crippen LogP contribution in [0.1, 0.15) is 28.8 Å². The molecule has 3 aromatic rings. The van der Waals surface area contributed by atoms with Gasteiger partial charge in [0.15, 0.2) is 0 Å². The van der Waals surface area contributed by atoms with E-state index < -0.39 is 10.0 Å². The quantitative estimate of drug-likeness (QED) is 0.401. The molecule has 1 N–H and O–H groups in total. The molecule has 0 bridgehead atoms. The molecule has 0 aliphatic carbocycles. The van der Waals surface area contributed by atoms with Crippen molar-refractivity contribution in [1.82, 2.24) is 4.90 Å². The van der Waals surface area contributed by atoms with Crippen LogP contribution in [0, 0.1) is 0 Å². The van der Waals surface area contributed by atoms with Crippen LogP contribution in [-0.4, -0.2) is 38.6 Å². The third-order valence-electron chi connectivity index (χ3n) is 5.46. The van der Waals surface area contributed by atoms with E-state index in [2.05, 4.69) is 16.9 Å². The Morgan fingerprint density at radius 1 is 0.970 bits per heavy atom. The lowest BCUT2D eigenvalue weighted by molar-refractivity contribution is 0.0789. The molecule has 0 radical (unpaired) electrons. The molecule has 3 aromatic carbocycles. The third kappa shape index (κ3) is 5.93. The maximum absolute atomic E-state index is 13.0. The maximum Gasteiger partial charge on any atom is 0.261 e. The number of sulfonamides is 1. The van der Waals surface area contributed by atoms with Crippen molar-refractivity contribution in [3.63, 3.8) is 0 Å². The molecule has 8 heteroatoms. The lowest BCUT2D eigenvalue weighted by atomic mass is 10.2. The number of nitrogens with one attached hydrogen (secondary N) is 1. The molecule has 0 unspecified atom stereocenters. The molecule has 0 atom stereocenters. The minimum absolute atomic E-state index is 0.0894. The average molecular weight is 499 g/mol. The van der Waals surface area contributed by atoms with Crippen LogP contribution in [0.2, 0.25) is 0 Å². The van der Waals surface area contributed by atoms with Gasteiger partial charge >= 0.3 is 0 Å². The van der Waals surface area contributed by atoms with E-state index in [4.69, 9.17) is 0 Å². The molecule has 1 fully saturated rings. The summed E-state index contributed by atoms with van der Waals surface area (Å²) in [5.41, 5.74) is 2.04. The zero-order valence-electron chi connectivity index (χ0n) is 18.4. The zero-order chi connectivity index (χ0) is 23.3. The Bertz CT molecular complexity index is 1210. The fourth-order valence-corrected chi connectivity index (χ4v) is 6.21. The molecule has 1 heterocycles. The number of thioether (sulfide) groups is 2. The SMILES string of the molecule is CSc1ccc(S(=O)(=O)Nc2ccc(CSc3ccccc3)cc2)cc1C(=O)N1CCCC1. The molecule has 0 saturated carbocycles. The summed E-state index contributed by atoms with van der Waals surface area (Å²) in [6.07, 6.45) is 3.86. The van der Waals surface area contributed by atoms with Crippen molar-refractivity contribution in [3.8, 4) is 0 Å². The Labute approximate surface area is 204 Å². The number of hydrogen-bond donors (Lipinski definition) is 1. The van der Waals surface area contributed by atoms with E-state index in [0.29, 0.717) is 11.3 Å². The summed E-state index contributed by atoms with van der Waals surface area (Å²) in [6, 6.07) is 22.3. The van der Waals surface area contributed by atoms with Gasteiger partial charge in [0.05, 0.1) is 10.5 Å². The van der Waals surface area contributed by atoms with Crippen molar-refractivity contribution in [1.29, 1.82) is 0 Å². The molecule has 172 valence electrons. The first-order chi connectivity index (χ1) is 16.0. The minimum atomic E-state index is -3.82. The number of nitrogens with zero attached hydrogens (tertiary/aromatic N) is 1. The largest absolute Gasteiger partial charge is 0.339 e. The number of carbonyl (C=O) groups excluding carboxylic acids is 1. The summed E-state index contributed by atoms with van der Waals surface area (Å²) < 4.78 is 28.7. The third-order valence-corrected chi connectivity index (χ3v) is 8.72. The van der Waals surface area contributed by atoms with E-state index >= 15 is 0 Å². The fraction of sp³-hybridized carbons (Fsp3) is 0.240. The van der Waals surface area contributed by atoms with Gasteiger partial charge in [-0.3, -0.25) is 9.52 Å². The molecular weight excluding hydrogens is 472 g/mol. The van der Waals surface area contributed by atoms with Gasteiger partial charge in [-0.1, -0.05) is 30.3 Å². The Kier molecular flexibility index (Phi) is 7.67. The highest BCUT2D eigenvalue weighted by atomic mass is 32.2. The van der Waals surface area contributed by atoms with Crippen molar-refractivity contribution in [2.75, 3.05) is 24.1 Å². The van der Waals surface area contributed by atoms with Gasteiger partial charge in [0, 0.05) is 34.3 Å². The highest BCUT2D eigenvalue weighted by molar-refractivity contribution is 7.98. The summed E-state index contributed by atoms with van der Waals surface area (Å²) in [5.74, 6) is 0.698. The summed E-state index contributed by atoms with van der Waals surface area (Å²) in [4.78, 5) is 16.8. The van der Waals surface area contributed by atoms with Gasteiger partial charge in [-0.25, -0.2) is 8.42 Å². The smallest absolute Gasteiger partial charge is 0.261 e. The standard InChI is InChI=1S/C25H26N2O3S3/c1-31-24-14-13-22(17-23(24)25(28)27-15-5-6-16-27)33(29,30)26-20-11-9-19(10-12-20)18-32-21-7-3-2-4-8-21/h2-4,7-14,17,26H,5-6,15-16,18H2,1H3. The van der Waals surface area contributed by atoms with Gasteiger partial charge < -0.3 is 4.90 Å². The highest BCUT2D eigenvalue weighted by Gasteiger charge is 2.24. The zero-order valence-corrected chi connectivity index (χ0v) is 20.8. The molecule has 33 heavy (non-hydrogen) atoms. The Balaban J connectivity index is 1.47. The normalized spacial score (nSPS) is 13.8. The molecule has 4 rings (SSSR count). The summed E-state index contributed by atoms with van der Waals surface area (Å²) >= 11 is 3.18. The number of rotatable bonds is 8. The number of amides is 1. The van der Waals surface area contributed by atoms with Crippen molar-refractivity contribution < 1.29 is 13.2 Å². The number of anilines is 1. The van der Waals surface area contributed by atoms with E-state index in [1.165, 1.54) is 22.7 Å². The van der Waals surface area contributed by atoms with Crippen molar-refractivity contribution >= 4 is 45.1 Å². The average Bonchev–Trinajstić information content (AvgIpc) is 3.38. The Morgan fingerprint density at radius 2 is 1.67 bits per heavy atom. The van der Waals surface area contributed by atoms with Crippen molar-refractivity contribution in [2.45, 2.75) is 33.3 Å². The molecular formula is C25H26N2O3S3. The first kappa shape index (κ1) is 23.7. The predicted octanol–water partition coefficient (Wildman–Crippen LogP) is 5.74. The lowest BCUT2D eigenvalue weighted by Gasteiger charge is -2.18. The molecule has 0 aromatic heterocycles. The van der Waals surface area contributed by atoms with E-state index in [1.54, 1.807) is 40.9 Å². The number of hydrogen-bond acceptors (Lipinski definition) is 5. The Morgan fingerprint density at radius 3 is 2.33 bits per heavy atom.